The molecule has 0 aliphatic carbocycles. The maximum atomic E-state index is 11.2. The molecule has 0 saturated carbocycles. The molecule has 3 rings (SSSR count). The third-order valence-electron chi connectivity index (χ3n) is 4.22. The molecular weight excluding hydrogens is 366 g/mol. The van der Waals surface area contributed by atoms with Crippen molar-refractivity contribution in [3.8, 4) is 11.5 Å². The van der Waals surface area contributed by atoms with Crippen LogP contribution in [0.3, 0.4) is 0 Å². The lowest BCUT2D eigenvalue weighted by molar-refractivity contribution is -0.114. The van der Waals surface area contributed by atoms with Crippen LogP contribution in [0.5, 0.6) is 0 Å². The second-order valence-corrected chi connectivity index (χ2v) is 6.67. The van der Waals surface area contributed by atoms with E-state index in [0.717, 1.165) is 22.5 Å². The number of anilines is 1. The van der Waals surface area contributed by atoms with Gasteiger partial charge in [-0.05, 0) is 36.8 Å². The number of oxazole rings is 1. The molecule has 0 unspecified atom stereocenters. The van der Waals surface area contributed by atoms with Gasteiger partial charge < -0.3 is 20.4 Å². The van der Waals surface area contributed by atoms with Gasteiger partial charge in [-0.1, -0.05) is 29.8 Å². The zero-order valence-electron chi connectivity index (χ0n) is 16.8. The van der Waals surface area contributed by atoms with Crippen molar-refractivity contribution in [1.29, 1.82) is 0 Å². The zero-order chi connectivity index (χ0) is 20.6. The van der Waals surface area contributed by atoms with E-state index < -0.39 is 0 Å². The van der Waals surface area contributed by atoms with E-state index in [1.54, 1.807) is 13.3 Å². The fraction of sp³-hybridized carbons (Fsp3) is 0.227. The summed E-state index contributed by atoms with van der Waals surface area (Å²) in [7, 11) is 1.71. The molecule has 7 nitrogen and oxygen atoms in total. The number of carbonyl (C=O) groups is 1. The summed E-state index contributed by atoms with van der Waals surface area (Å²) in [5, 5.41) is 9.25. The van der Waals surface area contributed by atoms with Crippen LogP contribution in [0, 0.1) is 6.92 Å². The number of aryl methyl sites for hydroxylation is 1. The van der Waals surface area contributed by atoms with E-state index in [0.29, 0.717) is 24.9 Å². The molecule has 3 N–H and O–H groups in total. The van der Waals surface area contributed by atoms with Crippen molar-refractivity contribution in [3.05, 3.63) is 71.6 Å². The monoisotopic (exact) mass is 391 g/mol. The molecule has 0 aliphatic rings. The highest BCUT2D eigenvalue weighted by molar-refractivity contribution is 5.88. The number of aliphatic imine (C=N–C) groups is 1. The lowest BCUT2D eigenvalue weighted by Crippen LogP contribution is -2.36. The van der Waals surface area contributed by atoms with E-state index in [9.17, 15) is 4.79 Å². The second-order valence-electron chi connectivity index (χ2n) is 6.67. The van der Waals surface area contributed by atoms with Crippen LogP contribution in [0.2, 0.25) is 0 Å². The van der Waals surface area contributed by atoms with Crippen LogP contribution in [-0.4, -0.2) is 23.9 Å². The number of aromatic nitrogens is 1. The standard InChI is InChI=1S/C22H25N5O2/c1-15-7-9-18(10-8-15)21-27-20(14-29-21)13-25-22(23-3)24-12-17-5-4-6-19(11-17)26-16(2)28/h4-11,14H,12-13H2,1-3H3,(H,26,28)(H2,23,24,25). The molecule has 1 heterocycles. The number of guanidine groups is 1. The van der Waals surface area contributed by atoms with Gasteiger partial charge >= 0.3 is 0 Å². The molecular formula is C22H25N5O2. The number of hydrogen-bond donors (Lipinski definition) is 3. The summed E-state index contributed by atoms with van der Waals surface area (Å²) in [4.78, 5) is 19.9. The first kappa shape index (κ1) is 20.1. The van der Waals surface area contributed by atoms with Crippen molar-refractivity contribution in [2.75, 3.05) is 12.4 Å². The first-order valence-electron chi connectivity index (χ1n) is 9.36. The van der Waals surface area contributed by atoms with E-state index in [-0.39, 0.29) is 5.91 Å². The minimum atomic E-state index is -0.0924. The Labute approximate surface area is 170 Å². The Morgan fingerprint density at radius 3 is 2.59 bits per heavy atom. The third kappa shape index (κ3) is 5.93. The molecule has 1 aromatic heterocycles. The third-order valence-corrected chi connectivity index (χ3v) is 4.22. The predicted molar refractivity (Wildman–Crippen MR) is 114 cm³/mol. The van der Waals surface area contributed by atoms with Crippen LogP contribution < -0.4 is 16.0 Å². The second kappa shape index (κ2) is 9.54. The van der Waals surface area contributed by atoms with Gasteiger partial charge in [-0.15, -0.1) is 0 Å². The summed E-state index contributed by atoms with van der Waals surface area (Å²) in [6.07, 6.45) is 1.65. The smallest absolute Gasteiger partial charge is 0.226 e. The Bertz CT molecular complexity index is 992. The molecule has 150 valence electrons. The highest BCUT2D eigenvalue weighted by atomic mass is 16.3. The molecule has 29 heavy (non-hydrogen) atoms. The van der Waals surface area contributed by atoms with Crippen LogP contribution in [0.4, 0.5) is 5.69 Å². The molecule has 0 fully saturated rings. The topological polar surface area (TPSA) is 91.5 Å². The van der Waals surface area contributed by atoms with Crippen molar-refractivity contribution in [1.82, 2.24) is 15.6 Å². The van der Waals surface area contributed by atoms with Crippen LogP contribution in [-0.2, 0) is 17.9 Å². The number of nitrogens with zero attached hydrogens (tertiary/aromatic N) is 2. The summed E-state index contributed by atoms with van der Waals surface area (Å²) in [6, 6.07) is 15.7. The van der Waals surface area contributed by atoms with Crippen molar-refractivity contribution >= 4 is 17.6 Å². The number of benzene rings is 2. The molecule has 1 amide bonds. The van der Waals surface area contributed by atoms with E-state index in [1.165, 1.54) is 12.5 Å². The molecule has 0 spiro atoms. The van der Waals surface area contributed by atoms with Crippen LogP contribution >= 0.6 is 0 Å². The van der Waals surface area contributed by atoms with Crippen LogP contribution in [0.15, 0.2) is 64.2 Å². The molecule has 7 heteroatoms. The van der Waals surface area contributed by atoms with Gasteiger partial charge in [0.25, 0.3) is 0 Å². The van der Waals surface area contributed by atoms with E-state index in [1.807, 2.05) is 55.5 Å². The lowest BCUT2D eigenvalue weighted by atomic mass is 10.1. The highest BCUT2D eigenvalue weighted by Gasteiger charge is 2.07. The summed E-state index contributed by atoms with van der Waals surface area (Å²) in [5.41, 5.74) is 4.73. The van der Waals surface area contributed by atoms with Gasteiger partial charge in [-0.25, -0.2) is 4.98 Å². The van der Waals surface area contributed by atoms with E-state index in [2.05, 4.69) is 25.9 Å². The molecule has 0 bridgehead atoms. The number of carbonyl (C=O) groups excluding carboxylic acids is 1. The maximum Gasteiger partial charge on any atom is 0.226 e. The summed E-state index contributed by atoms with van der Waals surface area (Å²) >= 11 is 0. The van der Waals surface area contributed by atoms with Crippen molar-refractivity contribution in [2.24, 2.45) is 4.99 Å². The number of hydrogen-bond acceptors (Lipinski definition) is 4. The van der Waals surface area contributed by atoms with Gasteiger partial charge in [-0.3, -0.25) is 9.79 Å². The minimum Gasteiger partial charge on any atom is -0.444 e. The maximum absolute atomic E-state index is 11.2. The Hall–Kier alpha value is -3.61. The largest absolute Gasteiger partial charge is 0.444 e. The van der Waals surface area contributed by atoms with Crippen molar-refractivity contribution in [2.45, 2.75) is 26.9 Å². The predicted octanol–water partition coefficient (Wildman–Crippen LogP) is 3.47. The summed E-state index contributed by atoms with van der Waals surface area (Å²) in [5.74, 6) is 1.15. The van der Waals surface area contributed by atoms with Crippen molar-refractivity contribution in [3.63, 3.8) is 0 Å². The quantitative estimate of drug-likeness (QED) is 0.442. The Kier molecular flexibility index (Phi) is 6.63. The van der Waals surface area contributed by atoms with Gasteiger partial charge in [0.05, 0.1) is 12.2 Å². The fourth-order valence-electron chi connectivity index (χ4n) is 2.76. The van der Waals surface area contributed by atoms with Gasteiger partial charge in [0, 0.05) is 31.8 Å². The summed E-state index contributed by atoms with van der Waals surface area (Å²) in [6.45, 7) is 4.59. The minimum absolute atomic E-state index is 0.0924. The van der Waals surface area contributed by atoms with E-state index in [4.69, 9.17) is 4.42 Å². The summed E-state index contributed by atoms with van der Waals surface area (Å²) < 4.78 is 5.58. The number of nitrogens with one attached hydrogen (secondary N) is 3. The fourth-order valence-corrected chi connectivity index (χ4v) is 2.76. The van der Waals surface area contributed by atoms with Gasteiger partial charge in [0.15, 0.2) is 5.96 Å². The Balaban J connectivity index is 1.53. The first-order valence-corrected chi connectivity index (χ1v) is 9.36. The first-order chi connectivity index (χ1) is 14.0. The SMILES string of the molecule is CN=C(NCc1cccc(NC(C)=O)c1)NCc1coc(-c2ccc(C)cc2)n1. The van der Waals surface area contributed by atoms with Gasteiger partial charge in [0.2, 0.25) is 11.8 Å². The average molecular weight is 391 g/mol. The number of rotatable bonds is 6. The van der Waals surface area contributed by atoms with Crippen molar-refractivity contribution < 1.29 is 9.21 Å². The van der Waals surface area contributed by atoms with Gasteiger partial charge in [0.1, 0.15) is 6.26 Å². The molecule has 0 radical (unpaired) electrons. The lowest BCUT2D eigenvalue weighted by Gasteiger charge is -2.11. The normalized spacial score (nSPS) is 11.2. The number of amides is 1. The van der Waals surface area contributed by atoms with Gasteiger partial charge in [-0.2, -0.15) is 0 Å². The van der Waals surface area contributed by atoms with Crippen LogP contribution in [0.25, 0.3) is 11.5 Å². The Morgan fingerprint density at radius 2 is 1.86 bits per heavy atom. The van der Waals surface area contributed by atoms with E-state index >= 15 is 0 Å². The molecule has 3 aromatic rings. The molecule has 0 aliphatic heterocycles. The highest BCUT2D eigenvalue weighted by Crippen LogP contribution is 2.19. The zero-order valence-corrected chi connectivity index (χ0v) is 16.8. The molecule has 2 aromatic carbocycles. The molecule has 0 saturated heterocycles. The average Bonchev–Trinajstić information content (AvgIpc) is 3.17. The molecule has 0 atom stereocenters. The van der Waals surface area contributed by atoms with Crippen LogP contribution in [0.1, 0.15) is 23.7 Å². The Morgan fingerprint density at radius 1 is 1.10 bits per heavy atom.